The number of methoxy groups -OCH3 is 3. The molecule has 3 atom stereocenters. The monoisotopic (exact) mass is 252 g/mol. The summed E-state index contributed by atoms with van der Waals surface area (Å²) in [5.74, 6) is 2.66. The molecule has 1 N–H and O–H groups in total. The van der Waals surface area contributed by atoms with E-state index in [0.717, 1.165) is 12.0 Å². The Morgan fingerprint density at radius 1 is 1.11 bits per heavy atom. The minimum atomic E-state index is -0.284. The molecule has 4 heteroatoms. The normalized spacial score (nSPS) is 23.4. The lowest BCUT2D eigenvalue weighted by Gasteiger charge is -2.16. The van der Waals surface area contributed by atoms with Gasteiger partial charge in [0.1, 0.15) is 0 Å². The molecular weight excluding hydrogens is 232 g/mol. The van der Waals surface area contributed by atoms with Gasteiger partial charge in [-0.15, -0.1) is 0 Å². The fourth-order valence-corrected chi connectivity index (χ4v) is 2.52. The summed E-state index contributed by atoms with van der Waals surface area (Å²) in [5.41, 5.74) is 1.08. The topological polar surface area (TPSA) is 47.9 Å². The zero-order valence-corrected chi connectivity index (χ0v) is 11.3. The molecule has 2 rings (SSSR count). The predicted octanol–water partition coefficient (Wildman–Crippen LogP) is 2.20. The van der Waals surface area contributed by atoms with E-state index in [9.17, 15) is 5.11 Å². The second-order valence-electron chi connectivity index (χ2n) is 4.67. The van der Waals surface area contributed by atoms with E-state index in [1.807, 2.05) is 19.1 Å². The predicted molar refractivity (Wildman–Crippen MR) is 68.6 cm³/mol. The fraction of sp³-hybridized carbons (Fsp3) is 0.571. The van der Waals surface area contributed by atoms with Crippen molar-refractivity contribution in [3.8, 4) is 17.2 Å². The summed E-state index contributed by atoms with van der Waals surface area (Å²) in [6.45, 7) is 1.83. The number of benzene rings is 1. The number of rotatable bonds is 5. The molecule has 0 aliphatic heterocycles. The van der Waals surface area contributed by atoms with Crippen LogP contribution >= 0.6 is 0 Å². The van der Waals surface area contributed by atoms with Gasteiger partial charge in [-0.25, -0.2) is 0 Å². The maximum atomic E-state index is 9.62. The van der Waals surface area contributed by atoms with Gasteiger partial charge in [0.2, 0.25) is 5.75 Å². The minimum absolute atomic E-state index is 0.284. The molecule has 1 aliphatic carbocycles. The van der Waals surface area contributed by atoms with Crippen molar-refractivity contribution in [1.82, 2.24) is 0 Å². The van der Waals surface area contributed by atoms with Crippen LogP contribution in [0.15, 0.2) is 12.1 Å². The van der Waals surface area contributed by atoms with Gasteiger partial charge >= 0.3 is 0 Å². The van der Waals surface area contributed by atoms with Crippen molar-refractivity contribution in [2.75, 3.05) is 21.3 Å². The molecular formula is C14H20O4. The lowest BCUT2D eigenvalue weighted by atomic mass is 10.0. The highest BCUT2D eigenvalue weighted by molar-refractivity contribution is 5.57. The Balaban J connectivity index is 2.37. The van der Waals surface area contributed by atoms with E-state index < -0.39 is 0 Å². The first-order valence-electron chi connectivity index (χ1n) is 6.11. The van der Waals surface area contributed by atoms with Crippen LogP contribution in [0.3, 0.4) is 0 Å². The fourth-order valence-electron chi connectivity index (χ4n) is 2.52. The van der Waals surface area contributed by atoms with Gasteiger partial charge in [0, 0.05) is 5.56 Å². The highest BCUT2D eigenvalue weighted by Gasteiger charge is 2.43. The van der Waals surface area contributed by atoms with Crippen LogP contribution < -0.4 is 14.2 Å². The molecule has 3 unspecified atom stereocenters. The quantitative estimate of drug-likeness (QED) is 0.872. The Kier molecular flexibility index (Phi) is 3.66. The second kappa shape index (κ2) is 5.06. The van der Waals surface area contributed by atoms with Gasteiger partial charge in [-0.2, -0.15) is 0 Å². The van der Waals surface area contributed by atoms with Crippen molar-refractivity contribution >= 4 is 0 Å². The third kappa shape index (κ3) is 2.12. The minimum Gasteiger partial charge on any atom is -0.493 e. The maximum Gasteiger partial charge on any atom is 0.203 e. The van der Waals surface area contributed by atoms with Gasteiger partial charge in [-0.1, -0.05) is 6.07 Å². The number of hydrogen-bond donors (Lipinski definition) is 1. The van der Waals surface area contributed by atoms with Crippen LogP contribution in [-0.2, 0) is 0 Å². The van der Waals surface area contributed by atoms with E-state index in [1.165, 1.54) is 0 Å². The number of aliphatic hydroxyl groups is 1. The van der Waals surface area contributed by atoms with Crippen LogP contribution in [0.4, 0.5) is 0 Å². The third-order valence-electron chi connectivity index (χ3n) is 3.59. The van der Waals surface area contributed by atoms with Crippen LogP contribution in [-0.4, -0.2) is 32.5 Å². The molecule has 1 aromatic carbocycles. The first-order valence-corrected chi connectivity index (χ1v) is 6.11. The Labute approximate surface area is 107 Å². The zero-order valence-electron chi connectivity index (χ0n) is 11.3. The van der Waals surface area contributed by atoms with E-state index in [2.05, 4.69) is 0 Å². The van der Waals surface area contributed by atoms with Crippen molar-refractivity contribution in [3.05, 3.63) is 17.7 Å². The smallest absolute Gasteiger partial charge is 0.203 e. The highest BCUT2D eigenvalue weighted by atomic mass is 16.5. The van der Waals surface area contributed by atoms with Gasteiger partial charge in [0.25, 0.3) is 0 Å². The second-order valence-corrected chi connectivity index (χ2v) is 4.67. The summed E-state index contributed by atoms with van der Waals surface area (Å²) in [6, 6.07) is 3.88. The lowest BCUT2D eigenvalue weighted by Crippen LogP contribution is -2.05. The zero-order chi connectivity index (χ0) is 13.3. The van der Waals surface area contributed by atoms with Crippen molar-refractivity contribution < 1.29 is 19.3 Å². The first kappa shape index (κ1) is 13.0. The lowest BCUT2D eigenvalue weighted by molar-refractivity contribution is 0.168. The van der Waals surface area contributed by atoms with Gasteiger partial charge in [0.15, 0.2) is 11.5 Å². The van der Waals surface area contributed by atoms with Crippen LogP contribution in [0.1, 0.15) is 24.8 Å². The summed E-state index contributed by atoms with van der Waals surface area (Å²) in [4.78, 5) is 0. The first-order chi connectivity index (χ1) is 8.63. The van der Waals surface area contributed by atoms with Crippen LogP contribution in [0.2, 0.25) is 0 Å². The molecule has 4 nitrogen and oxygen atoms in total. The standard InChI is InChI=1S/C14H20O4/c1-8(15)10-7-11(10)9-5-6-12(16-2)14(18-4)13(9)17-3/h5-6,8,10-11,15H,7H2,1-4H3. The largest absolute Gasteiger partial charge is 0.493 e. The number of aliphatic hydroxyl groups excluding tert-OH is 1. The maximum absolute atomic E-state index is 9.62. The highest BCUT2D eigenvalue weighted by Crippen LogP contribution is 2.55. The molecule has 18 heavy (non-hydrogen) atoms. The average molecular weight is 252 g/mol. The molecule has 1 saturated carbocycles. The van der Waals surface area contributed by atoms with Gasteiger partial charge in [-0.3, -0.25) is 0 Å². The van der Waals surface area contributed by atoms with Gasteiger partial charge < -0.3 is 19.3 Å². The van der Waals surface area contributed by atoms with Crippen molar-refractivity contribution in [1.29, 1.82) is 0 Å². The van der Waals surface area contributed by atoms with E-state index in [-0.39, 0.29) is 6.10 Å². The molecule has 1 aromatic rings. The van der Waals surface area contributed by atoms with Crippen LogP contribution in [0.25, 0.3) is 0 Å². The molecule has 0 radical (unpaired) electrons. The molecule has 0 heterocycles. The Morgan fingerprint density at radius 3 is 2.22 bits per heavy atom. The third-order valence-corrected chi connectivity index (χ3v) is 3.59. The number of ether oxygens (including phenoxy) is 3. The van der Waals surface area contributed by atoms with Gasteiger partial charge in [0.05, 0.1) is 27.4 Å². The summed E-state index contributed by atoms with van der Waals surface area (Å²) in [6.07, 6.45) is 0.705. The SMILES string of the molecule is COc1ccc(C2CC2C(C)O)c(OC)c1OC. The average Bonchev–Trinajstić information content (AvgIpc) is 3.16. The van der Waals surface area contributed by atoms with E-state index in [0.29, 0.717) is 29.1 Å². The van der Waals surface area contributed by atoms with E-state index in [4.69, 9.17) is 14.2 Å². The van der Waals surface area contributed by atoms with E-state index in [1.54, 1.807) is 21.3 Å². The summed E-state index contributed by atoms with van der Waals surface area (Å²) < 4.78 is 16.1. The van der Waals surface area contributed by atoms with Gasteiger partial charge in [-0.05, 0) is 31.2 Å². The van der Waals surface area contributed by atoms with Crippen molar-refractivity contribution in [2.45, 2.75) is 25.4 Å². The Morgan fingerprint density at radius 2 is 1.78 bits per heavy atom. The molecule has 0 spiro atoms. The molecule has 1 aliphatic rings. The number of hydrogen-bond acceptors (Lipinski definition) is 4. The van der Waals surface area contributed by atoms with Crippen molar-refractivity contribution in [2.24, 2.45) is 5.92 Å². The van der Waals surface area contributed by atoms with Crippen LogP contribution in [0.5, 0.6) is 17.2 Å². The molecule has 0 bridgehead atoms. The molecule has 0 saturated heterocycles. The molecule has 0 amide bonds. The molecule has 1 fully saturated rings. The molecule has 100 valence electrons. The Bertz CT molecular complexity index is 428. The van der Waals surface area contributed by atoms with E-state index >= 15 is 0 Å². The summed E-state index contributed by atoms with van der Waals surface area (Å²) >= 11 is 0. The summed E-state index contributed by atoms with van der Waals surface area (Å²) in [5, 5.41) is 9.62. The van der Waals surface area contributed by atoms with Crippen LogP contribution in [0, 0.1) is 5.92 Å². The van der Waals surface area contributed by atoms with Crippen molar-refractivity contribution in [3.63, 3.8) is 0 Å². The Hall–Kier alpha value is -1.42. The summed E-state index contributed by atoms with van der Waals surface area (Å²) in [7, 11) is 4.83. The molecule has 0 aromatic heterocycles.